The van der Waals surface area contributed by atoms with Crippen LogP contribution in [0.5, 0.6) is 5.75 Å². The Morgan fingerprint density at radius 1 is 0.926 bits per heavy atom. The van der Waals surface area contributed by atoms with E-state index in [4.69, 9.17) is 4.74 Å². The Hall–Kier alpha value is -2.33. The van der Waals surface area contributed by atoms with Gasteiger partial charge in [-0.2, -0.15) is 0 Å². The van der Waals surface area contributed by atoms with E-state index in [-0.39, 0.29) is 6.09 Å². The van der Waals surface area contributed by atoms with E-state index in [0.29, 0.717) is 11.8 Å². The van der Waals surface area contributed by atoms with Crippen LogP contribution in [0.15, 0.2) is 36.4 Å². The summed E-state index contributed by atoms with van der Waals surface area (Å²) in [6, 6.07) is 12.7. The van der Waals surface area contributed by atoms with Crippen LogP contribution < -0.4 is 4.74 Å². The second kappa shape index (κ2) is 7.35. The number of piperidine rings is 1. The largest absolute Gasteiger partial charge is 0.415 e. The summed E-state index contributed by atoms with van der Waals surface area (Å²) in [6.45, 7) is 10.3. The number of rotatable bonds is 2. The molecule has 27 heavy (non-hydrogen) atoms. The molecule has 0 aliphatic carbocycles. The van der Waals surface area contributed by atoms with E-state index >= 15 is 0 Å². The number of benzene rings is 2. The van der Waals surface area contributed by atoms with Gasteiger partial charge in [-0.25, -0.2) is 4.79 Å². The maximum atomic E-state index is 12.7. The van der Waals surface area contributed by atoms with Crippen molar-refractivity contribution in [3.05, 3.63) is 53.1 Å². The van der Waals surface area contributed by atoms with E-state index in [1.807, 2.05) is 29.2 Å². The highest BCUT2D eigenvalue weighted by Gasteiger charge is 2.32. The van der Waals surface area contributed by atoms with Crippen molar-refractivity contribution >= 4 is 6.09 Å². The van der Waals surface area contributed by atoms with Crippen molar-refractivity contribution in [1.29, 1.82) is 0 Å². The van der Waals surface area contributed by atoms with Gasteiger partial charge in [-0.1, -0.05) is 29.8 Å². The SMILES string of the molecule is Cc1cc(C)c(-c2ccc(OC(=O)N3CCN4CCC3CC4)cc2)c(C)c1. The number of aryl methyl sites for hydroxylation is 3. The molecule has 2 aromatic carbocycles. The van der Waals surface area contributed by atoms with Crippen molar-refractivity contribution in [2.24, 2.45) is 0 Å². The fraction of sp³-hybridized carbons (Fsp3) is 0.435. The van der Waals surface area contributed by atoms with E-state index in [1.54, 1.807) is 0 Å². The molecule has 0 saturated carbocycles. The Bertz CT molecular complexity index is 813. The second-order valence-corrected chi connectivity index (χ2v) is 7.93. The summed E-state index contributed by atoms with van der Waals surface area (Å²) in [4.78, 5) is 17.1. The van der Waals surface area contributed by atoms with Crippen LogP contribution in [0.25, 0.3) is 11.1 Å². The summed E-state index contributed by atoms with van der Waals surface area (Å²) < 4.78 is 5.70. The molecule has 0 atom stereocenters. The molecular weight excluding hydrogens is 336 g/mol. The molecule has 1 amide bonds. The van der Waals surface area contributed by atoms with Crippen molar-refractivity contribution in [2.45, 2.75) is 39.7 Å². The highest BCUT2D eigenvalue weighted by Crippen LogP contribution is 2.30. The third-order valence-electron chi connectivity index (χ3n) is 5.91. The normalized spacial score (nSPS) is 21.8. The fourth-order valence-corrected chi connectivity index (χ4v) is 4.61. The van der Waals surface area contributed by atoms with E-state index < -0.39 is 0 Å². The molecule has 0 N–H and O–H groups in total. The Morgan fingerprint density at radius 3 is 2.19 bits per heavy atom. The quantitative estimate of drug-likeness (QED) is 0.783. The molecule has 5 rings (SSSR count). The van der Waals surface area contributed by atoms with Gasteiger partial charge in [-0.15, -0.1) is 0 Å². The lowest BCUT2D eigenvalue weighted by molar-refractivity contribution is 0.131. The van der Waals surface area contributed by atoms with Gasteiger partial charge in [0.25, 0.3) is 0 Å². The molecule has 3 aliphatic rings. The molecule has 142 valence electrons. The predicted molar refractivity (Wildman–Crippen MR) is 108 cm³/mol. The third kappa shape index (κ3) is 3.72. The van der Waals surface area contributed by atoms with Gasteiger partial charge in [0.1, 0.15) is 5.75 Å². The lowest BCUT2D eigenvalue weighted by atomic mass is 9.94. The summed E-state index contributed by atoms with van der Waals surface area (Å²) in [5, 5.41) is 0. The van der Waals surface area contributed by atoms with Crippen LogP contribution in [-0.2, 0) is 0 Å². The topological polar surface area (TPSA) is 32.8 Å². The van der Waals surface area contributed by atoms with Crippen LogP contribution in [-0.4, -0.2) is 48.1 Å². The minimum absolute atomic E-state index is 0.209. The van der Waals surface area contributed by atoms with Gasteiger partial charge in [0, 0.05) is 32.2 Å². The van der Waals surface area contributed by atoms with Crippen LogP contribution in [0.4, 0.5) is 4.79 Å². The number of carbonyl (C=O) groups excluding carboxylic acids is 1. The molecule has 3 saturated heterocycles. The zero-order valence-corrected chi connectivity index (χ0v) is 16.5. The van der Waals surface area contributed by atoms with Gasteiger partial charge < -0.3 is 14.5 Å². The number of carbonyl (C=O) groups is 1. The first-order valence-corrected chi connectivity index (χ1v) is 9.90. The maximum absolute atomic E-state index is 12.7. The number of nitrogens with zero attached hydrogens (tertiary/aromatic N) is 2. The summed E-state index contributed by atoms with van der Waals surface area (Å²) in [5.74, 6) is 0.616. The van der Waals surface area contributed by atoms with Crippen molar-refractivity contribution < 1.29 is 9.53 Å². The third-order valence-corrected chi connectivity index (χ3v) is 5.91. The van der Waals surface area contributed by atoms with Crippen molar-refractivity contribution in [1.82, 2.24) is 9.80 Å². The number of fused-ring (bicyclic) bond motifs is 4. The lowest BCUT2D eigenvalue weighted by Crippen LogP contribution is -2.43. The fourth-order valence-electron chi connectivity index (χ4n) is 4.61. The standard InChI is InChI=1S/C23H28N2O2/c1-16-14-17(2)22(18(3)15-16)19-4-6-21(7-5-19)27-23(26)25-13-12-24-10-8-20(25)9-11-24/h4-7,14-15,20H,8-13H2,1-3H3. The Morgan fingerprint density at radius 2 is 1.56 bits per heavy atom. The van der Waals surface area contributed by atoms with Gasteiger partial charge in [-0.05, 0) is 68.0 Å². The Labute approximate surface area is 161 Å². The predicted octanol–water partition coefficient (Wildman–Crippen LogP) is 4.56. The van der Waals surface area contributed by atoms with Crippen molar-refractivity contribution in [3.8, 4) is 16.9 Å². The molecule has 0 aromatic heterocycles. The number of amides is 1. The zero-order valence-electron chi connectivity index (χ0n) is 16.5. The van der Waals surface area contributed by atoms with Gasteiger partial charge in [0.2, 0.25) is 0 Å². The smallest absolute Gasteiger partial charge is 0.410 e. The Kier molecular flexibility index (Phi) is 4.92. The summed E-state index contributed by atoms with van der Waals surface area (Å²) in [5.41, 5.74) is 6.24. The monoisotopic (exact) mass is 364 g/mol. The molecule has 2 bridgehead atoms. The average molecular weight is 364 g/mol. The first-order valence-electron chi connectivity index (χ1n) is 9.90. The minimum Gasteiger partial charge on any atom is -0.410 e. The van der Waals surface area contributed by atoms with Crippen molar-refractivity contribution in [3.63, 3.8) is 0 Å². The molecule has 0 unspecified atom stereocenters. The average Bonchev–Trinajstić information content (AvgIpc) is 2.96. The van der Waals surface area contributed by atoms with E-state index in [1.165, 1.54) is 22.3 Å². The first-order chi connectivity index (χ1) is 13.0. The number of hydrogen-bond donors (Lipinski definition) is 0. The second-order valence-electron chi connectivity index (χ2n) is 7.93. The Balaban J connectivity index is 1.49. The highest BCUT2D eigenvalue weighted by atomic mass is 16.6. The molecule has 4 heteroatoms. The van der Waals surface area contributed by atoms with Gasteiger partial charge >= 0.3 is 6.09 Å². The van der Waals surface area contributed by atoms with Gasteiger partial charge in [0.15, 0.2) is 0 Å². The maximum Gasteiger partial charge on any atom is 0.415 e. The first kappa shape index (κ1) is 18.1. The minimum atomic E-state index is -0.209. The van der Waals surface area contributed by atoms with Gasteiger partial charge in [0.05, 0.1) is 0 Å². The lowest BCUT2D eigenvalue weighted by Gasteiger charge is -2.30. The van der Waals surface area contributed by atoms with Crippen LogP contribution >= 0.6 is 0 Å². The molecule has 4 nitrogen and oxygen atoms in total. The van der Waals surface area contributed by atoms with Crippen molar-refractivity contribution in [2.75, 3.05) is 26.2 Å². The highest BCUT2D eigenvalue weighted by molar-refractivity contribution is 5.74. The summed E-state index contributed by atoms with van der Waals surface area (Å²) >= 11 is 0. The summed E-state index contributed by atoms with van der Waals surface area (Å²) in [6.07, 6.45) is 1.90. The molecule has 0 radical (unpaired) electrons. The molecule has 3 aliphatic heterocycles. The van der Waals surface area contributed by atoms with Gasteiger partial charge in [-0.3, -0.25) is 0 Å². The van der Waals surface area contributed by atoms with Crippen LogP contribution in [0, 0.1) is 20.8 Å². The van der Waals surface area contributed by atoms with Crippen LogP contribution in [0.3, 0.4) is 0 Å². The number of hydrogen-bond acceptors (Lipinski definition) is 3. The molecule has 0 spiro atoms. The van der Waals surface area contributed by atoms with E-state index in [9.17, 15) is 4.79 Å². The molecule has 2 aromatic rings. The van der Waals surface area contributed by atoms with E-state index in [0.717, 1.165) is 44.6 Å². The van der Waals surface area contributed by atoms with Crippen LogP contribution in [0.1, 0.15) is 29.5 Å². The molecular formula is C23H28N2O2. The molecule has 3 heterocycles. The number of ether oxygens (including phenoxy) is 1. The zero-order chi connectivity index (χ0) is 19.0. The van der Waals surface area contributed by atoms with E-state index in [2.05, 4.69) is 37.8 Å². The summed E-state index contributed by atoms with van der Waals surface area (Å²) in [7, 11) is 0. The molecule has 3 fully saturated rings. The van der Waals surface area contributed by atoms with Crippen LogP contribution in [0.2, 0.25) is 0 Å².